The lowest BCUT2D eigenvalue weighted by molar-refractivity contribution is 0.612. The van der Waals surface area contributed by atoms with Gasteiger partial charge in [-0.3, -0.25) is 4.68 Å². The van der Waals surface area contributed by atoms with E-state index >= 15 is 0 Å². The second-order valence-electron chi connectivity index (χ2n) is 3.65. The normalized spacial score (nSPS) is 29.5. The average molecular weight is 165 g/mol. The number of hydrogen-bond donors (Lipinski definition) is 1. The maximum absolute atomic E-state index is 5.98. The number of nitrogens with two attached hydrogens (primary N) is 1. The van der Waals surface area contributed by atoms with Crippen LogP contribution in [0.15, 0.2) is 12.4 Å². The highest BCUT2D eigenvalue weighted by Gasteiger charge is 2.25. The fraction of sp³-hybridized carbons (Fsp3) is 0.667. The highest BCUT2D eigenvalue weighted by atomic mass is 15.2. The van der Waals surface area contributed by atoms with E-state index in [-0.39, 0.29) is 0 Å². The molecule has 1 fully saturated rings. The second kappa shape index (κ2) is 2.90. The van der Waals surface area contributed by atoms with Gasteiger partial charge in [-0.2, -0.15) is 5.10 Å². The van der Waals surface area contributed by atoms with Crippen molar-refractivity contribution in [1.29, 1.82) is 0 Å². The largest absolute Gasteiger partial charge is 0.327 e. The number of nitrogens with zero attached hydrogens (tertiary/aromatic N) is 2. The molecule has 2 unspecified atom stereocenters. The summed E-state index contributed by atoms with van der Waals surface area (Å²) >= 11 is 0. The highest BCUT2D eigenvalue weighted by Crippen LogP contribution is 2.32. The van der Waals surface area contributed by atoms with Gasteiger partial charge < -0.3 is 5.73 Å². The quantitative estimate of drug-likeness (QED) is 0.675. The molecule has 1 aromatic rings. The minimum atomic E-state index is 0.356. The van der Waals surface area contributed by atoms with Gasteiger partial charge in [0.05, 0.1) is 6.20 Å². The van der Waals surface area contributed by atoms with Gasteiger partial charge in [-0.25, -0.2) is 0 Å². The van der Waals surface area contributed by atoms with Crippen molar-refractivity contribution in [2.75, 3.05) is 0 Å². The maximum atomic E-state index is 5.98. The predicted molar refractivity (Wildman–Crippen MR) is 47.8 cm³/mol. The van der Waals surface area contributed by atoms with Crippen molar-refractivity contribution < 1.29 is 0 Å². The summed E-state index contributed by atoms with van der Waals surface area (Å²) in [5.41, 5.74) is 7.29. The van der Waals surface area contributed by atoms with E-state index in [9.17, 15) is 0 Å². The molecule has 0 aromatic carbocycles. The van der Waals surface area contributed by atoms with Crippen molar-refractivity contribution in [2.45, 2.75) is 31.2 Å². The first kappa shape index (κ1) is 7.80. The Bertz CT molecular complexity index is 266. The first-order valence-electron chi connectivity index (χ1n) is 4.51. The molecule has 2 atom stereocenters. The van der Waals surface area contributed by atoms with Crippen molar-refractivity contribution in [3.05, 3.63) is 18.0 Å². The van der Waals surface area contributed by atoms with Gasteiger partial charge in [-0.05, 0) is 18.4 Å². The summed E-state index contributed by atoms with van der Waals surface area (Å²) in [6.07, 6.45) is 7.68. The number of hydrogen-bond acceptors (Lipinski definition) is 2. The Balaban J connectivity index is 2.19. The van der Waals surface area contributed by atoms with Gasteiger partial charge in [0.1, 0.15) is 0 Å². The lowest BCUT2D eigenvalue weighted by Crippen LogP contribution is -2.22. The summed E-state index contributed by atoms with van der Waals surface area (Å²) in [4.78, 5) is 0. The molecule has 0 saturated heterocycles. The summed E-state index contributed by atoms with van der Waals surface area (Å²) in [5, 5.41) is 4.16. The number of rotatable bonds is 1. The van der Waals surface area contributed by atoms with Gasteiger partial charge in [0.25, 0.3) is 0 Å². The van der Waals surface area contributed by atoms with Crippen LogP contribution in [-0.4, -0.2) is 15.8 Å². The molecule has 66 valence electrons. The summed E-state index contributed by atoms with van der Waals surface area (Å²) in [7, 11) is 1.95. The smallest absolute Gasteiger partial charge is 0.0525 e. The highest BCUT2D eigenvalue weighted by molar-refractivity contribution is 5.15. The van der Waals surface area contributed by atoms with Gasteiger partial charge in [-0.1, -0.05) is 6.42 Å². The van der Waals surface area contributed by atoms with Crippen LogP contribution >= 0.6 is 0 Å². The Morgan fingerprint density at radius 2 is 2.42 bits per heavy atom. The monoisotopic (exact) mass is 165 g/mol. The third-order valence-electron chi connectivity index (χ3n) is 2.72. The molecule has 1 aliphatic carbocycles. The van der Waals surface area contributed by atoms with E-state index in [2.05, 4.69) is 11.3 Å². The molecule has 0 aliphatic heterocycles. The van der Waals surface area contributed by atoms with Crippen LogP contribution in [0.5, 0.6) is 0 Å². The molecule has 12 heavy (non-hydrogen) atoms. The van der Waals surface area contributed by atoms with E-state index in [4.69, 9.17) is 5.73 Å². The van der Waals surface area contributed by atoms with E-state index in [1.54, 1.807) is 0 Å². The molecule has 0 radical (unpaired) electrons. The third-order valence-corrected chi connectivity index (χ3v) is 2.72. The molecule has 3 heteroatoms. The lowest BCUT2D eigenvalue weighted by Gasteiger charge is -2.12. The Labute approximate surface area is 72.6 Å². The van der Waals surface area contributed by atoms with Crippen LogP contribution in [0.3, 0.4) is 0 Å². The number of aryl methyl sites for hydroxylation is 1. The van der Waals surface area contributed by atoms with E-state index in [0.29, 0.717) is 12.0 Å². The van der Waals surface area contributed by atoms with Crippen LogP contribution in [0.4, 0.5) is 0 Å². The zero-order valence-corrected chi connectivity index (χ0v) is 7.40. The lowest BCUT2D eigenvalue weighted by atomic mass is 9.98. The zero-order chi connectivity index (χ0) is 8.55. The molecule has 0 amide bonds. The van der Waals surface area contributed by atoms with Gasteiger partial charge in [0, 0.05) is 25.2 Å². The van der Waals surface area contributed by atoms with E-state index in [1.165, 1.54) is 24.8 Å². The van der Waals surface area contributed by atoms with E-state index in [1.807, 2.05) is 17.9 Å². The van der Waals surface area contributed by atoms with E-state index in [0.717, 1.165) is 0 Å². The van der Waals surface area contributed by atoms with Crippen LogP contribution in [-0.2, 0) is 7.05 Å². The maximum Gasteiger partial charge on any atom is 0.0525 e. The van der Waals surface area contributed by atoms with Crippen LogP contribution in [0, 0.1) is 0 Å². The Morgan fingerprint density at radius 1 is 1.58 bits per heavy atom. The van der Waals surface area contributed by atoms with Gasteiger partial charge in [0.15, 0.2) is 0 Å². The molecule has 2 rings (SSSR count). The second-order valence-corrected chi connectivity index (χ2v) is 3.65. The summed E-state index contributed by atoms with van der Waals surface area (Å²) in [6.45, 7) is 0. The first-order chi connectivity index (χ1) is 5.77. The summed E-state index contributed by atoms with van der Waals surface area (Å²) < 4.78 is 1.85. The zero-order valence-electron chi connectivity index (χ0n) is 7.40. The van der Waals surface area contributed by atoms with Gasteiger partial charge in [-0.15, -0.1) is 0 Å². The molecule has 1 heterocycles. The molecule has 0 bridgehead atoms. The third kappa shape index (κ3) is 1.25. The fourth-order valence-corrected chi connectivity index (χ4v) is 2.03. The standard InChI is InChI=1S/C9H15N3/c1-12-6-7(5-11-12)8-3-2-4-9(8)10/h5-6,8-9H,2-4,10H2,1H3. The average Bonchev–Trinajstić information content (AvgIpc) is 2.58. The van der Waals surface area contributed by atoms with Gasteiger partial charge >= 0.3 is 0 Å². The topological polar surface area (TPSA) is 43.8 Å². The fourth-order valence-electron chi connectivity index (χ4n) is 2.03. The molecule has 1 aliphatic rings. The van der Waals surface area contributed by atoms with Crippen LogP contribution in [0.25, 0.3) is 0 Å². The minimum absolute atomic E-state index is 0.356. The van der Waals surface area contributed by atoms with Gasteiger partial charge in [0.2, 0.25) is 0 Å². The molecule has 2 N–H and O–H groups in total. The Kier molecular flexibility index (Phi) is 1.89. The predicted octanol–water partition coefficient (Wildman–Crippen LogP) is 1.01. The molecular weight excluding hydrogens is 150 g/mol. The van der Waals surface area contributed by atoms with Crippen LogP contribution < -0.4 is 5.73 Å². The molecule has 0 spiro atoms. The number of aromatic nitrogens is 2. The van der Waals surface area contributed by atoms with Crippen molar-refractivity contribution in [3.8, 4) is 0 Å². The van der Waals surface area contributed by atoms with E-state index < -0.39 is 0 Å². The SMILES string of the molecule is Cn1cc(C2CCCC2N)cn1. The minimum Gasteiger partial charge on any atom is -0.327 e. The van der Waals surface area contributed by atoms with Crippen molar-refractivity contribution in [2.24, 2.45) is 12.8 Å². The van der Waals surface area contributed by atoms with Crippen molar-refractivity contribution in [3.63, 3.8) is 0 Å². The van der Waals surface area contributed by atoms with Crippen LogP contribution in [0.2, 0.25) is 0 Å². The first-order valence-corrected chi connectivity index (χ1v) is 4.51. The summed E-state index contributed by atoms with van der Waals surface area (Å²) in [5.74, 6) is 0.554. The summed E-state index contributed by atoms with van der Waals surface area (Å²) in [6, 6.07) is 0.356. The Hall–Kier alpha value is -0.830. The molecular formula is C9H15N3. The van der Waals surface area contributed by atoms with Crippen molar-refractivity contribution in [1.82, 2.24) is 9.78 Å². The Morgan fingerprint density at radius 3 is 2.92 bits per heavy atom. The molecule has 1 saturated carbocycles. The molecule has 1 aromatic heterocycles. The van der Waals surface area contributed by atoms with Crippen molar-refractivity contribution >= 4 is 0 Å². The molecule has 3 nitrogen and oxygen atoms in total. The van der Waals surface area contributed by atoms with Crippen LogP contribution in [0.1, 0.15) is 30.7 Å².